The van der Waals surface area contributed by atoms with Gasteiger partial charge in [0.15, 0.2) is 0 Å². The highest BCUT2D eigenvalue weighted by atomic mass is 32.1. The summed E-state index contributed by atoms with van der Waals surface area (Å²) in [6.07, 6.45) is 0. The molecule has 100 valence electrons. The van der Waals surface area contributed by atoms with E-state index in [1.165, 1.54) is 17.7 Å². The van der Waals surface area contributed by atoms with Crippen molar-refractivity contribution in [3.8, 4) is 5.75 Å². The van der Waals surface area contributed by atoms with Crippen LogP contribution in [0.3, 0.4) is 0 Å². The predicted octanol–water partition coefficient (Wildman–Crippen LogP) is 4.23. The summed E-state index contributed by atoms with van der Waals surface area (Å²) < 4.78 is 18.8. The van der Waals surface area contributed by atoms with Crippen molar-refractivity contribution >= 4 is 12.6 Å². The van der Waals surface area contributed by atoms with Crippen molar-refractivity contribution in [2.75, 3.05) is 12.4 Å². The van der Waals surface area contributed by atoms with Crippen molar-refractivity contribution in [1.82, 2.24) is 0 Å². The van der Waals surface area contributed by atoms with Crippen molar-refractivity contribution in [2.45, 2.75) is 12.8 Å². The SMILES string of the molecule is Cc1cc(F)ccc1OCC(CS)c1ccccc1. The fourth-order valence-corrected chi connectivity index (χ4v) is 2.26. The summed E-state index contributed by atoms with van der Waals surface area (Å²) in [4.78, 5) is 0. The fourth-order valence-electron chi connectivity index (χ4n) is 1.94. The van der Waals surface area contributed by atoms with Gasteiger partial charge in [-0.1, -0.05) is 30.3 Å². The summed E-state index contributed by atoms with van der Waals surface area (Å²) in [5.74, 6) is 1.43. The standard InChI is InChI=1S/C16H17FOS/c1-12-9-15(17)7-8-16(12)18-10-14(11-19)13-5-3-2-4-6-13/h2-9,14,19H,10-11H2,1H3. The smallest absolute Gasteiger partial charge is 0.123 e. The Bertz CT molecular complexity index is 528. The molecule has 1 nitrogen and oxygen atoms in total. The van der Waals surface area contributed by atoms with Crippen LogP contribution in [-0.4, -0.2) is 12.4 Å². The Morgan fingerprint density at radius 2 is 1.89 bits per heavy atom. The normalized spacial score (nSPS) is 12.2. The van der Waals surface area contributed by atoms with Crippen molar-refractivity contribution in [3.05, 3.63) is 65.5 Å². The Hall–Kier alpha value is -1.48. The first-order valence-corrected chi connectivity index (χ1v) is 6.88. The molecule has 0 heterocycles. The highest BCUT2D eigenvalue weighted by molar-refractivity contribution is 7.80. The molecular formula is C16H17FOS. The first-order valence-electron chi connectivity index (χ1n) is 6.25. The van der Waals surface area contributed by atoms with Crippen LogP contribution in [-0.2, 0) is 0 Å². The van der Waals surface area contributed by atoms with Crippen LogP contribution in [0.25, 0.3) is 0 Å². The predicted molar refractivity (Wildman–Crippen MR) is 79.7 cm³/mol. The number of thiol groups is 1. The van der Waals surface area contributed by atoms with Crippen LogP contribution in [0.4, 0.5) is 4.39 Å². The minimum atomic E-state index is -0.237. The summed E-state index contributed by atoms with van der Waals surface area (Å²) >= 11 is 4.38. The second kappa shape index (κ2) is 6.62. The first-order chi connectivity index (χ1) is 9.20. The molecule has 2 rings (SSSR count). The lowest BCUT2D eigenvalue weighted by atomic mass is 10.0. The highest BCUT2D eigenvalue weighted by Crippen LogP contribution is 2.22. The number of halogens is 1. The van der Waals surface area contributed by atoms with Gasteiger partial charge >= 0.3 is 0 Å². The maximum Gasteiger partial charge on any atom is 0.123 e. The van der Waals surface area contributed by atoms with Gasteiger partial charge in [0.2, 0.25) is 0 Å². The molecule has 3 heteroatoms. The van der Waals surface area contributed by atoms with Crippen LogP contribution in [0.1, 0.15) is 17.0 Å². The minimum absolute atomic E-state index is 0.231. The molecule has 19 heavy (non-hydrogen) atoms. The van der Waals surface area contributed by atoms with Crippen molar-refractivity contribution < 1.29 is 9.13 Å². The van der Waals surface area contributed by atoms with Gasteiger partial charge in [-0.15, -0.1) is 0 Å². The topological polar surface area (TPSA) is 9.23 Å². The molecule has 2 aromatic carbocycles. The molecule has 1 atom stereocenters. The molecule has 0 aliphatic heterocycles. The molecule has 0 radical (unpaired) electrons. The largest absolute Gasteiger partial charge is 0.493 e. The van der Waals surface area contributed by atoms with Crippen molar-refractivity contribution in [1.29, 1.82) is 0 Å². The number of rotatable bonds is 5. The third kappa shape index (κ3) is 3.74. The van der Waals surface area contributed by atoms with E-state index in [9.17, 15) is 4.39 Å². The van der Waals surface area contributed by atoms with E-state index in [1.54, 1.807) is 6.07 Å². The fraction of sp³-hybridized carbons (Fsp3) is 0.250. The van der Waals surface area contributed by atoms with E-state index in [0.29, 0.717) is 12.4 Å². The zero-order valence-electron chi connectivity index (χ0n) is 10.8. The Balaban J connectivity index is 2.04. The molecule has 0 bridgehead atoms. The van der Waals surface area contributed by atoms with Crippen LogP contribution in [0, 0.1) is 12.7 Å². The second-order valence-corrected chi connectivity index (χ2v) is 4.88. The van der Waals surface area contributed by atoms with E-state index < -0.39 is 0 Å². The lowest BCUT2D eigenvalue weighted by Crippen LogP contribution is -2.12. The van der Waals surface area contributed by atoms with E-state index in [-0.39, 0.29) is 11.7 Å². The van der Waals surface area contributed by atoms with Crippen LogP contribution in [0.15, 0.2) is 48.5 Å². The van der Waals surface area contributed by atoms with Gasteiger partial charge in [0.25, 0.3) is 0 Å². The third-order valence-corrected chi connectivity index (χ3v) is 3.51. The van der Waals surface area contributed by atoms with Gasteiger partial charge in [-0.3, -0.25) is 0 Å². The number of hydrogen-bond acceptors (Lipinski definition) is 2. The average molecular weight is 276 g/mol. The molecule has 0 spiro atoms. The lowest BCUT2D eigenvalue weighted by molar-refractivity contribution is 0.295. The van der Waals surface area contributed by atoms with Gasteiger partial charge in [0, 0.05) is 11.7 Å². The van der Waals surface area contributed by atoms with Crippen LogP contribution in [0.5, 0.6) is 5.75 Å². The zero-order chi connectivity index (χ0) is 13.7. The van der Waals surface area contributed by atoms with Gasteiger partial charge in [0.1, 0.15) is 11.6 Å². The maximum absolute atomic E-state index is 13.0. The quantitative estimate of drug-likeness (QED) is 0.804. The number of benzene rings is 2. The molecule has 0 fully saturated rings. The molecule has 0 N–H and O–H groups in total. The van der Waals surface area contributed by atoms with Crippen molar-refractivity contribution in [3.63, 3.8) is 0 Å². The molecule has 0 amide bonds. The second-order valence-electron chi connectivity index (χ2n) is 4.51. The first kappa shape index (κ1) is 13.9. The Labute approximate surface area is 118 Å². The summed E-state index contributed by atoms with van der Waals surface area (Å²) in [5, 5.41) is 0. The molecular weight excluding hydrogens is 259 g/mol. The molecule has 0 aliphatic carbocycles. The van der Waals surface area contributed by atoms with Crippen LogP contribution in [0.2, 0.25) is 0 Å². The van der Waals surface area contributed by atoms with Crippen molar-refractivity contribution in [2.24, 2.45) is 0 Å². The van der Waals surface area contributed by atoms with Gasteiger partial charge in [-0.05, 0) is 36.2 Å². The number of ether oxygens (including phenoxy) is 1. The number of hydrogen-bond donors (Lipinski definition) is 1. The van der Waals surface area contributed by atoms with Crippen LogP contribution >= 0.6 is 12.6 Å². The van der Waals surface area contributed by atoms with E-state index in [0.717, 1.165) is 11.3 Å². The molecule has 0 aromatic heterocycles. The minimum Gasteiger partial charge on any atom is -0.493 e. The average Bonchev–Trinajstić information content (AvgIpc) is 2.43. The maximum atomic E-state index is 13.0. The molecule has 0 saturated heterocycles. The number of aryl methyl sites for hydroxylation is 1. The van der Waals surface area contributed by atoms with E-state index in [4.69, 9.17) is 4.74 Å². The van der Waals surface area contributed by atoms with Crippen LogP contribution < -0.4 is 4.74 Å². The summed E-state index contributed by atoms with van der Waals surface area (Å²) in [5.41, 5.74) is 2.02. The Morgan fingerprint density at radius 3 is 2.53 bits per heavy atom. The van der Waals surface area contributed by atoms with Gasteiger partial charge in [-0.2, -0.15) is 12.6 Å². The Morgan fingerprint density at radius 1 is 1.16 bits per heavy atom. The zero-order valence-corrected chi connectivity index (χ0v) is 11.7. The van der Waals surface area contributed by atoms with Gasteiger partial charge < -0.3 is 4.74 Å². The van der Waals surface area contributed by atoms with E-state index in [1.807, 2.05) is 25.1 Å². The highest BCUT2D eigenvalue weighted by Gasteiger charge is 2.11. The molecule has 1 unspecified atom stereocenters. The molecule has 0 saturated carbocycles. The third-order valence-electron chi connectivity index (χ3n) is 3.07. The molecule has 2 aromatic rings. The summed E-state index contributed by atoms with van der Waals surface area (Å²) in [7, 11) is 0. The van der Waals surface area contributed by atoms with E-state index >= 15 is 0 Å². The van der Waals surface area contributed by atoms with Gasteiger partial charge in [0.05, 0.1) is 6.61 Å². The lowest BCUT2D eigenvalue weighted by Gasteiger charge is -2.17. The Kier molecular flexibility index (Phi) is 4.86. The molecule has 0 aliphatic rings. The monoisotopic (exact) mass is 276 g/mol. The van der Waals surface area contributed by atoms with E-state index in [2.05, 4.69) is 24.8 Å². The summed E-state index contributed by atoms with van der Waals surface area (Å²) in [6.45, 7) is 2.39. The van der Waals surface area contributed by atoms with Gasteiger partial charge in [-0.25, -0.2) is 4.39 Å². The summed E-state index contributed by atoms with van der Waals surface area (Å²) in [6, 6.07) is 14.7.